The number of rotatable bonds is 20. The van der Waals surface area contributed by atoms with Crippen molar-refractivity contribution >= 4 is 23.3 Å². The molecule has 2 unspecified atom stereocenters. The number of unbranched alkanes of at least 4 members (excludes halogenated alkanes) is 11. The van der Waals surface area contributed by atoms with Crippen molar-refractivity contribution in [3.8, 4) is 5.88 Å². The fraction of sp³-hybridized carbons (Fsp3) is 0.667. The van der Waals surface area contributed by atoms with Gasteiger partial charge in [0.15, 0.2) is 0 Å². The van der Waals surface area contributed by atoms with Gasteiger partial charge in [-0.15, -0.1) is 4.37 Å². The molecule has 3 rings (SSSR count). The quantitative estimate of drug-likeness (QED) is 0.0903. The van der Waals surface area contributed by atoms with Crippen molar-refractivity contribution in [3.63, 3.8) is 0 Å². The van der Waals surface area contributed by atoms with Gasteiger partial charge in [-0.05, 0) is 25.0 Å². The summed E-state index contributed by atoms with van der Waals surface area (Å²) in [5, 5.41) is 0. The minimum Gasteiger partial charge on any atom is -0.475 e. The van der Waals surface area contributed by atoms with Gasteiger partial charge in [-0.1, -0.05) is 109 Å². The highest BCUT2D eigenvalue weighted by atomic mass is 32.1. The molecule has 0 saturated heterocycles. The number of aromatic nitrogens is 2. The molecule has 2 aromatic rings. The summed E-state index contributed by atoms with van der Waals surface area (Å²) in [7, 11) is 2.20. The van der Waals surface area contributed by atoms with Crippen LogP contribution in [0.5, 0.6) is 5.88 Å². The van der Waals surface area contributed by atoms with E-state index in [9.17, 15) is 4.79 Å². The van der Waals surface area contributed by atoms with Gasteiger partial charge in [-0.3, -0.25) is 9.28 Å². The summed E-state index contributed by atoms with van der Waals surface area (Å²) < 4.78 is 22.0. The third kappa shape index (κ3) is 10.6. The van der Waals surface area contributed by atoms with Crippen molar-refractivity contribution in [3.05, 3.63) is 47.7 Å². The molecule has 0 amide bonds. The summed E-state index contributed by atoms with van der Waals surface area (Å²) in [5.74, 6) is 0.540. The second kappa shape index (κ2) is 18.2. The van der Waals surface area contributed by atoms with Crippen LogP contribution < -0.4 is 4.74 Å². The van der Waals surface area contributed by atoms with Crippen LogP contribution in [0.3, 0.4) is 0 Å². The van der Waals surface area contributed by atoms with Crippen LogP contribution in [0, 0.1) is 0 Å². The molecule has 1 aromatic carbocycles. The highest BCUT2D eigenvalue weighted by Gasteiger charge is 2.40. The smallest absolute Gasteiger partial charge is 0.310 e. The van der Waals surface area contributed by atoms with Crippen LogP contribution in [0.1, 0.15) is 128 Å². The number of carbonyl (C=O) groups is 1. The van der Waals surface area contributed by atoms with Crippen molar-refractivity contribution in [1.82, 2.24) is 8.75 Å². The maximum atomic E-state index is 13.1. The van der Waals surface area contributed by atoms with E-state index in [0.29, 0.717) is 29.9 Å². The van der Waals surface area contributed by atoms with E-state index in [1.54, 1.807) is 0 Å². The molecule has 2 heterocycles. The van der Waals surface area contributed by atoms with E-state index >= 15 is 0 Å². The third-order valence-corrected chi connectivity index (χ3v) is 8.45. The lowest BCUT2D eigenvalue weighted by Crippen LogP contribution is -2.51. The molecule has 1 aliphatic rings. The number of nitrogens with zero attached hydrogens (tertiary/aromatic N) is 3. The average molecular weight is 571 g/mol. The predicted molar refractivity (Wildman–Crippen MR) is 165 cm³/mol. The fourth-order valence-electron chi connectivity index (χ4n) is 5.54. The Morgan fingerprint density at radius 3 is 2.25 bits per heavy atom. The second-order valence-electron chi connectivity index (χ2n) is 11.5. The average Bonchev–Trinajstić information content (AvgIpc) is 3.44. The Hall–Kier alpha value is -2.25. The van der Waals surface area contributed by atoms with E-state index in [-0.39, 0.29) is 12.2 Å². The first kappa shape index (κ1) is 32.3. The van der Waals surface area contributed by atoms with Crippen molar-refractivity contribution < 1.29 is 18.8 Å². The standard InChI is InChI=1S/C33H52N3O3S/c1-4-6-8-10-11-12-13-14-18-24-30(37)39-33(28-21-16-15-17-22-28)36(3)25-20-23-29(27-36)31-32(35-40-34-31)38-26-19-9-7-5-2/h15-17,21-23,33H,4-14,18-20,24-27H2,1-3H3/q+1. The molecule has 40 heavy (non-hydrogen) atoms. The van der Waals surface area contributed by atoms with Gasteiger partial charge in [0, 0.05) is 18.4 Å². The van der Waals surface area contributed by atoms with Gasteiger partial charge < -0.3 is 9.47 Å². The Labute approximate surface area is 247 Å². The molecule has 0 N–H and O–H groups in total. The Kier molecular flexibility index (Phi) is 14.7. The van der Waals surface area contributed by atoms with E-state index in [1.165, 1.54) is 75.9 Å². The van der Waals surface area contributed by atoms with Crippen molar-refractivity contribution in [1.29, 1.82) is 0 Å². The largest absolute Gasteiger partial charge is 0.475 e. The van der Waals surface area contributed by atoms with Crippen molar-refractivity contribution in [2.45, 2.75) is 116 Å². The van der Waals surface area contributed by atoms with Crippen LogP contribution in [0.25, 0.3) is 5.57 Å². The van der Waals surface area contributed by atoms with Crippen LogP contribution >= 0.6 is 11.7 Å². The topological polar surface area (TPSA) is 61.3 Å². The second-order valence-corrected chi connectivity index (χ2v) is 12.1. The van der Waals surface area contributed by atoms with Crippen LogP contribution in [0.4, 0.5) is 0 Å². The molecular weight excluding hydrogens is 518 g/mol. The van der Waals surface area contributed by atoms with Gasteiger partial charge in [0.25, 0.3) is 12.1 Å². The van der Waals surface area contributed by atoms with Crippen LogP contribution in [-0.2, 0) is 9.53 Å². The van der Waals surface area contributed by atoms with E-state index in [4.69, 9.17) is 9.47 Å². The zero-order valence-corrected chi connectivity index (χ0v) is 26.1. The lowest BCUT2D eigenvalue weighted by molar-refractivity contribution is -0.953. The summed E-state index contributed by atoms with van der Waals surface area (Å²) in [6.07, 6.45) is 19.0. The Bertz CT molecular complexity index is 1010. The molecule has 222 valence electrons. The summed E-state index contributed by atoms with van der Waals surface area (Å²) >= 11 is 1.20. The number of hydrogen-bond donors (Lipinski definition) is 0. The normalized spacial score (nSPS) is 17.8. The summed E-state index contributed by atoms with van der Waals surface area (Å²) in [5.41, 5.74) is 3.01. The molecule has 1 aromatic heterocycles. The van der Waals surface area contributed by atoms with Gasteiger partial charge in [0.05, 0.1) is 37.5 Å². The van der Waals surface area contributed by atoms with Crippen LogP contribution in [0.2, 0.25) is 0 Å². The lowest BCUT2D eigenvalue weighted by atomic mass is 10.0. The van der Waals surface area contributed by atoms with Gasteiger partial charge in [-0.25, -0.2) is 0 Å². The third-order valence-electron chi connectivity index (χ3n) is 7.94. The van der Waals surface area contributed by atoms with Crippen molar-refractivity contribution in [2.75, 3.05) is 26.7 Å². The number of likely N-dealkylation sites (N-methyl/N-ethyl adjacent to an activating group) is 1. The van der Waals surface area contributed by atoms with E-state index in [1.807, 2.05) is 18.2 Å². The zero-order valence-electron chi connectivity index (χ0n) is 25.2. The Morgan fingerprint density at radius 2 is 1.55 bits per heavy atom. The van der Waals surface area contributed by atoms with Gasteiger partial charge in [-0.2, -0.15) is 4.37 Å². The van der Waals surface area contributed by atoms with E-state index < -0.39 is 0 Å². The Balaban J connectivity index is 1.58. The minimum atomic E-state index is -0.360. The molecule has 6 nitrogen and oxygen atoms in total. The van der Waals surface area contributed by atoms with Gasteiger partial charge >= 0.3 is 5.97 Å². The molecule has 0 bridgehead atoms. The molecule has 0 saturated carbocycles. The SMILES string of the molecule is CCCCCCCCCCCC(=O)OC(c1ccccc1)[N+]1(C)CCC=C(c2nsnc2OCCCCCC)C1. The molecule has 0 radical (unpaired) electrons. The number of quaternary nitrogens is 1. The minimum absolute atomic E-state index is 0.0984. The zero-order chi connectivity index (χ0) is 28.5. The Morgan fingerprint density at radius 1 is 0.900 bits per heavy atom. The maximum absolute atomic E-state index is 13.1. The summed E-state index contributed by atoms with van der Waals surface area (Å²) in [4.78, 5) is 13.1. The molecule has 0 fully saturated rings. The molecule has 2 atom stereocenters. The highest BCUT2D eigenvalue weighted by molar-refractivity contribution is 6.99. The van der Waals surface area contributed by atoms with E-state index in [0.717, 1.165) is 49.1 Å². The molecule has 0 aliphatic carbocycles. The number of hydrogen-bond acceptors (Lipinski definition) is 6. The number of carbonyl (C=O) groups excluding carboxylic acids is 1. The molecule has 7 heteroatoms. The first-order valence-corrected chi connectivity index (χ1v) is 16.5. The first-order chi connectivity index (χ1) is 19.6. The van der Waals surface area contributed by atoms with Gasteiger partial charge in [0.1, 0.15) is 12.2 Å². The monoisotopic (exact) mass is 570 g/mol. The fourth-order valence-corrected chi connectivity index (χ4v) is 6.07. The van der Waals surface area contributed by atoms with Crippen molar-refractivity contribution in [2.24, 2.45) is 0 Å². The summed E-state index contributed by atoms with van der Waals surface area (Å²) in [6.45, 7) is 6.73. The number of esters is 1. The number of ether oxygens (including phenoxy) is 2. The molecule has 0 spiro atoms. The first-order valence-electron chi connectivity index (χ1n) is 15.8. The molecule has 1 aliphatic heterocycles. The highest BCUT2D eigenvalue weighted by Crippen LogP contribution is 2.37. The predicted octanol–water partition coefficient (Wildman–Crippen LogP) is 8.89. The molecular formula is C33H52N3O3S+. The maximum Gasteiger partial charge on any atom is 0.310 e. The number of benzene rings is 1. The van der Waals surface area contributed by atoms with Crippen LogP contribution in [-0.4, -0.2) is 45.9 Å². The van der Waals surface area contributed by atoms with E-state index in [2.05, 4.69) is 47.9 Å². The van der Waals surface area contributed by atoms with Gasteiger partial charge in [0.2, 0.25) is 0 Å². The van der Waals surface area contributed by atoms with Crippen LogP contribution in [0.15, 0.2) is 36.4 Å². The summed E-state index contributed by atoms with van der Waals surface area (Å²) in [6, 6.07) is 10.2. The lowest BCUT2D eigenvalue weighted by Gasteiger charge is -2.42.